The van der Waals surface area contributed by atoms with E-state index in [0.29, 0.717) is 49.2 Å². The number of β-amino-alcohol motifs (C(OH)–C–C–N with tert-alkyl or cyclic N) is 1. The number of aliphatic carboxylic acids is 1. The van der Waals surface area contributed by atoms with Gasteiger partial charge in [-0.25, -0.2) is 9.78 Å². The lowest BCUT2D eigenvalue weighted by Crippen LogP contribution is -2.39. The minimum absolute atomic E-state index is 0.0325. The van der Waals surface area contributed by atoms with Crippen molar-refractivity contribution in [1.82, 2.24) is 24.7 Å². The van der Waals surface area contributed by atoms with Gasteiger partial charge in [0.1, 0.15) is 0 Å². The van der Waals surface area contributed by atoms with Gasteiger partial charge in [0, 0.05) is 45.3 Å². The van der Waals surface area contributed by atoms with Crippen molar-refractivity contribution in [2.75, 3.05) is 39.8 Å². The summed E-state index contributed by atoms with van der Waals surface area (Å²) >= 11 is 0. The van der Waals surface area contributed by atoms with E-state index < -0.39 is 12.1 Å². The summed E-state index contributed by atoms with van der Waals surface area (Å²) in [6.45, 7) is 7.02. The topological polar surface area (TPSA) is 147 Å². The lowest BCUT2D eigenvalue weighted by atomic mass is 10.0. The van der Waals surface area contributed by atoms with Crippen LogP contribution >= 0.6 is 0 Å². The number of rotatable bonds is 9. The van der Waals surface area contributed by atoms with Crippen molar-refractivity contribution in [1.29, 1.82) is 0 Å². The van der Waals surface area contributed by atoms with Gasteiger partial charge >= 0.3 is 12.1 Å². The van der Waals surface area contributed by atoms with Gasteiger partial charge < -0.3 is 25.0 Å². The predicted molar refractivity (Wildman–Crippen MR) is 156 cm³/mol. The number of carboxylic acid groups (broad SMARTS) is 1. The van der Waals surface area contributed by atoms with Crippen molar-refractivity contribution < 1.29 is 37.8 Å². The molecule has 44 heavy (non-hydrogen) atoms. The Morgan fingerprint density at radius 3 is 2.41 bits per heavy atom. The zero-order valence-electron chi connectivity index (χ0n) is 24.7. The molecule has 1 aliphatic heterocycles. The summed E-state index contributed by atoms with van der Waals surface area (Å²) in [5, 5.41) is 17.2. The zero-order chi connectivity index (χ0) is 32.6. The normalized spacial score (nSPS) is 15.8. The summed E-state index contributed by atoms with van der Waals surface area (Å²) in [4.78, 5) is 59.6. The second-order valence-corrected chi connectivity index (χ2v) is 10.4. The smallest absolute Gasteiger partial charge is 0.475 e. The molecule has 2 heterocycles. The van der Waals surface area contributed by atoms with Gasteiger partial charge in [-0.2, -0.15) is 13.2 Å². The molecule has 238 valence electrons. The molecule has 0 saturated carbocycles. The van der Waals surface area contributed by atoms with E-state index in [1.54, 1.807) is 29.0 Å². The van der Waals surface area contributed by atoms with Crippen LogP contribution in [0.1, 0.15) is 47.8 Å². The number of likely N-dealkylation sites (tertiary alicyclic amines) is 1. The molecule has 2 aromatic carbocycles. The maximum atomic E-state index is 13.5. The molecule has 0 radical (unpaired) electrons. The largest absolute Gasteiger partial charge is 0.490 e. The molecule has 0 bridgehead atoms. The number of hydrogen-bond donors (Lipinski definition) is 3. The van der Waals surface area contributed by atoms with E-state index in [1.165, 1.54) is 6.20 Å². The standard InChI is InChI=1S/C28H35N5O4.C2HF3O2/c1-4-33(5-2)28(37)21-8-6-7-20(15-21)25(18-32-12-11-22(34)17-32)31(3)27(36)14-19-9-10-23-24(13-19)30-26(35)16-29-23;3-2(4,5)1(6)7/h6-10,13,15-16,22,25,34H,4-5,11-12,14,17-18H2,1-3H3,(H,30,35);(H,6,7)/t22-,25?;/m0./s1. The number of nitrogens with one attached hydrogen (secondary N) is 1. The van der Waals surface area contributed by atoms with Crippen LogP contribution in [0.4, 0.5) is 13.2 Å². The molecule has 0 spiro atoms. The Bertz CT molecular complexity index is 1520. The number of fused-ring (bicyclic) bond motifs is 1. The first-order valence-electron chi connectivity index (χ1n) is 14.1. The Morgan fingerprint density at radius 2 is 1.82 bits per heavy atom. The Kier molecular flexibility index (Phi) is 11.6. The van der Waals surface area contributed by atoms with Gasteiger partial charge in [-0.3, -0.25) is 19.3 Å². The number of carboxylic acids is 1. The number of amides is 2. The maximum Gasteiger partial charge on any atom is 0.490 e. The molecule has 1 aliphatic rings. The predicted octanol–water partition coefficient (Wildman–Crippen LogP) is 2.85. The van der Waals surface area contributed by atoms with Crippen LogP contribution in [0, 0.1) is 0 Å². The summed E-state index contributed by atoms with van der Waals surface area (Å²) < 4.78 is 31.7. The van der Waals surface area contributed by atoms with E-state index in [2.05, 4.69) is 14.9 Å². The Labute approximate surface area is 251 Å². The highest BCUT2D eigenvalue weighted by molar-refractivity contribution is 5.94. The van der Waals surface area contributed by atoms with Crippen LogP contribution in [0.25, 0.3) is 11.0 Å². The molecule has 3 aromatic rings. The van der Waals surface area contributed by atoms with Crippen LogP contribution < -0.4 is 5.56 Å². The minimum atomic E-state index is -5.08. The number of carbonyl (C=O) groups excluding carboxylic acids is 2. The van der Waals surface area contributed by atoms with Crippen LogP contribution in [0.5, 0.6) is 0 Å². The molecule has 0 aliphatic carbocycles. The number of benzene rings is 2. The number of carbonyl (C=O) groups is 3. The van der Waals surface area contributed by atoms with Gasteiger partial charge in [-0.05, 0) is 55.7 Å². The SMILES string of the molecule is CCN(CC)C(=O)c1cccc(C(CN2CC[C@H](O)C2)N(C)C(=O)Cc2ccc3ncc(=O)[nH]c3c2)c1.O=C(O)C(F)(F)F. The minimum Gasteiger partial charge on any atom is -0.475 e. The van der Waals surface area contributed by atoms with E-state index in [9.17, 15) is 32.7 Å². The molecular formula is C30H36F3N5O6. The van der Waals surface area contributed by atoms with Crippen molar-refractivity contribution in [2.24, 2.45) is 0 Å². The molecule has 1 unspecified atom stereocenters. The van der Waals surface area contributed by atoms with E-state index >= 15 is 0 Å². The number of aromatic amines is 1. The molecule has 3 N–H and O–H groups in total. The lowest BCUT2D eigenvalue weighted by molar-refractivity contribution is -0.192. The van der Waals surface area contributed by atoms with Crippen molar-refractivity contribution in [2.45, 2.75) is 45.0 Å². The molecular weight excluding hydrogens is 583 g/mol. The van der Waals surface area contributed by atoms with Gasteiger partial charge in [0.2, 0.25) is 5.91 Å². The fourth-order valence-electron chi connectivity index (χ4n) is 4.92. The van der Waals surface area contributed by atoms with Gasteiger partial charge in [-0.15, -0.1) is 0 Å². The molecule has 2 amide bonds. The molecule has 4 rings (SSSR count). The van der Waals surface area contributed by atoms with Gasteiger partial charge in [-0.1, -0.05) is 18.2 Å². The third kappa shape index (κ3) is 9.10. The van der Waals surface area contributed by atoms with Crippen molar-refractivity contribution in [3.8, 4) is 0 Å². The third-order valence-corrected chi connectivity index (χ3v) is 7.35. The van der Waals surface area contributed by atoms with E-state index in [1.807, 2.05) is 44.2 Å². The Balaban J connectivity index is 0.000000676. The highest BCUT2D eigenvalue weighted by Crippen LogP contribution is 2.26. The maximum absolute atomic E-state index is 13.5. The van der Waals surface area contributed by atoms with Crippen molar-refractivity contribution >= 4 is 28.8 Å². The summed E-state index contributed by atoms with van der Waals surface area (Å²) in [7, 11) is 1.78. The molecule has 1 saturated heterocycles. The molecule has 11 nitrogen and oxygen atoms in total. The van der Waals surface area contributed by atoms with E-state index in [4.69, 9.17) is 9.90 Å². The van der Waals surface area contributed by atoms with E-state index in [0.717, 1.165) is 17.7 Å². The number of H-pyrrole nitrogens is 1. The Hall–Kier alpha value is -4.30. The first kappa shape index (κ1) is 34.2. The second kappa shape index (κ2) is 14.9. The van der Waals surface area contributed by atoms with Crippen LogP contribution in [-0.2, 0) is 16.0 Å². The summed E-state index contributed by atoms with van der Waals surface area (Å²) in [6, 6.07) is 12.6. The van der Waals surface area contributed by atoms with Crippen LogP contribution in [-0.4, -0.2) is 105 Å². The fraction of sp³-hybridized carbons (Fsp3) is 0.433. The van der Waals surface area contributed by atoms with E-state index in [-0.39, 0.29) is 35.9 Å². The summed E-state index contributed by atoms with van der Waals surface area (Å²) in [5.74, 6) is -2.88. The highest BCUT2D eigenvalue weighted by Gasteiger charge is 2.38. The van der Waals surface area contributed by atoms with Crippen LogP contribution in [0.3, 0.4) is 0 Å². The number of aliphatic hydroxyl groups excluding tert-OH is 1. The number of aromatic nitrogens is 2. The first-order chi connectivity index (χ1) is 20.7. The quantitative estimate of drug-likeness (QED) is 0.332. The van der Waals surface area contributed by atoms with Crippen molar-refractivity contribution in [3.63, 3.8) is 0 Å². The van der Waals surface area contributed by atoms with Crippen LogP contribution in [0.15, 0.2) is 53.5 Å². The number of likely N-dealkylation sites (N-methyl/N-ethyl adjacent to an activating group) is 1. The van der Waals surface area contributed by atoms with Gasteiger partial charge in [0.25, 0.3) is 11.5 Å². The molecule has 1 fully saturated rings. The molecule has 2 atom stereocenters. The zero-order valence-corrected chi connectivity index (χ0v) is 24.7. The number of alkyl halides is 3. The van der Waals surface area contributed by atoms with Gasteiger partial charge in [0.05, 0.1) is 35.8 Å². The second-order valence-electron chi connectivity index (χ2n) is 10.4. The molecule has 1 aromatic heterocycles. The number of aliphatic hydroxyl groups is 1. The average Bonchev–Trinajstić information content (AvgIpc) is 3.40. The summed E-state index contributed by atoms with van der Waals surface area (Å²) in [6.07, 6.45) is -3.36. The van der Waals surface area contributed by atoms with Crippen molar-refractivity contribution in [3.05, 3.63) is 75.7 Å². The van der Waals surface area contributed by atoms with Crippen LogP contribution in [0.2, 0.25) is 0 Å². The monoisotopic (exact) mass is 619 g/mol. The third-order valence-electron chi connectivity index (χ3n) is 7.35. The number of halogens is 3. The lowest BCUT2D eigenvalue weighted by Gasteiger charge is -2.32. The molecule has 14 heteroatoms. The average molecular weight is 620 g/mol. The van der Waals surface area contributed by atoms with Gasteiger partial charge in [0.15, 0.2) is 0 Å². The Morgan fingerprint density at radius 1 is 1.14 bits per heavy atom. The number of nitrogens with zero attached hydrogens (tertiary/aromatic N) is 4. The fourth-order valence-corrected chi connectivity index (χ4v) is 4.92. The summed E-state index contributed by atoms with van der Waals surface area (Å²) in [5.41, 5.74) is 3.20. The number of hydrogen-bond acceptors (Lipinski definition) is 7. The first-order valence-corrected chi connectivity index (χ1v) is 14.1. The highest BCUT2D eigenvalue weighted by atomic mass is 19.4.